The van der Waals surface area contributed by atoms with Crippen LogP contribution in [0.15, 0.2) is 59.8 Å². The van der Waals surface area contributed by atoms with Crippen molar-refractivity contribution in [1.82, 2.24) is 14.8 Å². The van der Waals surface area contributed by atoms with Crippen LogP contribution in [-0.4, -0.2) is 29.0 Å². The van der Waals surface area contributed by atoms with Gasteiger partial charge in [0, 0.05) is 36.0 Å². The number of benzene rings is 2. The van der Waals surface area contributed by atoms with E-state index in [1.807, 2.05) is 6.92 Å². The Labute approximate surface area is 166 Å². The van der Waals surface area contributed by atoms with E-state index in [-0.39, 0.29) is 22.0 Å². The minimum absolute atomic E-state index is 0.0141. The zero-order valence-electron chi connectivity index (χ0n) is 15.6. The summed E-state index contributed by atoms with van der Waals surface area (Å²) in [5.74, 6) is -0.331. The molecule has 0 saturated heterocycles. The number of rotatable bonds is 3. The molecule has 1 aliphatic rings. The lowest BCUT2D eigenvalue weighted by molar-refractivity contribution is 0.103. The number of hydrogen-bond acceptors (Lipinski definition) is 6. The van der Waals surface area contributed by atoms with Gasteiger partial charge in [-0.25, -0.2) is 0 Å². The average Bonchev–Trinajstić information content (AvgIpc) is 3.04. The Balaban J connectivity index is 1.73. The molecule has 0 bridgehead atoms. The molecule has 5 rings (SSSR count). The molecule has 0 fully saturated rings. The van der Waals surface area contributed by atoms with E-state index in [1.165, 1.54) is 24.4 Å². The standard InChI is InChI=1S/C21H15N3O4S/c1-12-3-5-13(6-4-12)29(26,27)28-17-8-7-16-18-19(17)21(25)14-9-10-22-11-15(14)20(18)23-24(16)2/h3-11H,1-2H3. The fourth-order valence-electron chi connectivity index (χ4n) is 3.61. The molecule has 0 saturated carbocycles. The van der Waals surface area contributed by atoms with Crippen LogP contribution in [0.1, 0.15) is 21.5 Å². The number of ketones is 1. The Morgan fingerprint density at radius 3 is 2.52 bits per heavy atom. The van der Waals surface area contributed by atoms with Gasteiger partial charge in [-0.2, -0.15) is 13.5 Å². The highest BCUT2D eigenvalue weighted by Gasteiger charge is 2.33. The van der Waals surface area contributed by atoms with Crippen LogP contribution in [0.4, 0.5) is 0 Å². The molecule has 2 aromatic heterocycles. The van der Waals surface area contributed by atoms with Crippen molar-refractivity contribution < 1.29 is 17.4 Å². The molecule has 0 unspecified atom stereocenters. The maximum Gasteiger partial charge on any atom is 0.339 e. The van der Waals surface area contributed by atoms with Crippen molar-refractivity contribution >= 4 is 26.8 Å². The van der Waals surface area contributed by atoms with Gasteiger partial charge in [0.15, 0.2) is 11.5 Å². The first kappa shape index (κ1) is 17.6. The Morgan fingerprint density at radius 2 is 1.76 bits per heavy atom. The highest BCUT2D eigenvalue weighted by Crippen LogP contribution is 2.42. The molecular formula is C21H15N3O4S. The Hall–Kier alpha value is -3.52. The number of carbonyl (C=O) groups excluding carboxylic acids is 1. The fourth-order valence-corrected chi connectivity index (χ4v) is 4.55. The second kappa shape index (κ2) is 5.99. The van der Waals surface area contributed by atoms with E-state index in [4.69, 9.17) is 4.18 Å². The smallest absolute Gasteiger partial charge is 0.339 e. The van der Waals surface area contributed by atoms with Crippen molar-refractivity contribution in [3.63, 3.8) is 0 Å². The van der Waals surface area contributed by atoms with Crippen LogP contribution in [-0.2, 0) is 17.2 Å². The predicted molar refractivity (Wildman–Crippen MR) is 106 cm³/mol. The van der Waals surface area contributed by atoms with Crippen LogP contribution < -0.4 is 4.18 Å². The maximum atomic E-state index is 13.3. The summed E-state index contributed by atoms with van der Waals surface area (Å²) in [4.78, 5) is 17.4. The lowest BCUT2D eigenvalue weighted by atomic mass is 9.88. The molecule has 1 aliphatic carbocycles. The van der Waals surface area contributed by atoms with E-state index >= 15 is 0 Å². The fraction of sp³-hybridized carbons (Fsp3) is 0.0952. The molecule has 0 atom stereocenters. The van der Waals surface area contributed by atoms with Gasteiger partial charge in [0.05, 0.1) is 11.1 Å². The van der Waals surface area contributed by atoms with E-state index in [9.17, 15) is 13.2 Å². The van der Waals surface area contributed by atoms with Crippen LogP contribution in [0.25, 0.3) is 22.2 Å². The summed E-state index contributed by atoms with van der Waals surface area (Å²) in [7, 11) is -2.34. The molecule has 7 nitrogen and oxygen atoms in total. The average molecular weight is 405 g/mol. The van der Waals surface area contributed by atoms with Crippen LogP contribution in [0, 0.1) is 6.92 Å². The summed E-state index contributed by atoms with van der Waals surface area (Å²) in [6.07, 6.45) is 3.11. The van der Waals surface area contributed by atoms with Gasteiger partial charge in [-0.1, -0.05) is 17.7 Å². The van der Waals surface area contributed by atoms with E-state index < -0.39 is 10.1 Å². The second-order valence-corrected chi connectivity index (χ2v) is 8.45. The van der Waals surface area contributed by atoms with Gasteiger partial charge in [0.2, 0.25) is 0 Å². The summed E-state index contributed by atoms with van der Waals surface area (Å²) in [5.41, 5.74) is 3.45. The lowest BCUT2D eigenvalue weighted by Gasteiger charge is -2.17. The zero-order valence-corrected chi connectivity index (χ0v) is 16.4. The summed E-state index contributed by atoms with van der Waals surface area (Å²) in [6.45, 7) is 1.87. The second-order valence-electron chi connectivity index (χ2n) is 6.91. The summed E-state index contributed by atoms with van der Waals surface area (Å²) in [5, 5.41) is 5.09. The minimum Gasteiger partial charge on any atom is -0.378 e. The SMILES string of the molecule is Cc1ccc(S(=O)(=O)Oc2ccc3c4c(nn3C)-c3cnccc3C(=O)c24)cc1. The monoisotopic (exact) mass is 405 g/mol. The van der Waals surface area contributed by atoms with Gasteiger partial charge in [-0.15, -0.1) is 0 Å². The van der Waals surface area contributed by atoms with Crippen molar-refractivity contribution in [1.29, 1.82) is 0 Å². The van der Waals surface area contributed by atoms with Gasteiger partial charge >= 0.3 is 10.1 Å². The molecule has 0 amide bonds. The highest BCUT2D eigenvalue weighted by molar-refractivity contribution is 7.87. The number of aryl methyl sites for hydroxylation is 2. The first-order chi connectivity index (χ1) is 13.9. The highest BCUT2D eigenvalue weighted by atomic mass is 32.2. The first-order valence-electron chi connectivity index (χ1n) is 8.87. The number of nitrogens with zero attached hydrogens (tertiary/aromatic N) is 3. The molecule has 0 spiro atoms. The Morgan fingerprint density at radius 1 is 1.00 bits per heavy atom. The Kier molecular flexibility index (Phi) is 3.63. The normalized spacial score (nSPS) is 12.8. The number of pyridine rings is 1. The molecule has 8 heteroatoms. The van der Waals surface area contributed by atoms with Gasteiger partial charge in [0.1, 0.15) is 10.6 Å². The van der Waals surface area contributed by atoms with Gasteiger partial charge in [0.25, 0.3) is 0 Å². The van der Waals surface area contributed by atoms with E-state index in [2.05, 4.69) is 10.1 Å². The zero-order chi connectivity index (χ0) is 20.3. The van der Waals surface area contributed by atoms with E-state index in [0.717, 1.165) is 5.56 Å². The van der Waals surface area contributed by atoms with Crippen molar-refractivity contribution in [2.45, 2.75) is 11.8 Å². The summed E-state index contributed by atoms with van der Waals surface area (Å²) < 4.78 is 32.7. The molecule has 29 heavy (non-hydrogen) atoms. The third-order valence-corrected chi connectivity index (χ3v) is 6.29. The van der Waals surface area contributed by atoms with Gasteiger partial charge in [-0.05, 0) is 37.3 Å². The number of carbonyl (C=O) groups is 1. The minimum atomic E-state index is -4.11. The maximum absolute atomic E-state index is 13.3. The van der Waals surface area contributed by atoms with Crippen molar-refractivity contribution in [2.75, 3.05) is 0 Å². The van der Waals surface area contributed by atoms with Crippen molar-refractivity contribution in [2.24, 2.45) is 7.05 Å². The number of fused-ring (bicyclic) bond motifs is 2. The number of hydrogen-bond donors (Lipinski definition) is 0. The van der Waals surface area contributed by atoms with Gasteiger partial charge in [-0.3, -0.25) is 14.5 Å². The van der Waals surface area contributed by atoms with Gasteiger partial charge < -0.3 is 4.18 Å². The molecule has 0 aliphatic heterocycles. The van der Waals surface area contributed by atoms with Crippen LogP contribution in [0.5, 0.6) is 5.75 Å². The Bertz CT molecular complexity index is 1420. The third-order valence-electron chi connectivity index (χ3n) is 5.04. The van der Waals surface area contributed by atoms with Crippen molar-refractivity contribution in [3.05, 3.63) is 71.5 Å². The molecule has 2 heterocycles. The third kappa shape index (κ3) is 2.56. The van der Waals surface area contributed by atoms with E-state index in [0.29, 0.717) is 27.7 Å². The molecule has 4 aromatic rings. The van der Waals surface area contributed by atoms with E-state index in [1.54, 1.807) is 42.2 Å². The van der Waals surface area contributed by atoms with Crippen molar-refractivity contribution in [3.8, 4) is 17.0 Å². The largest absolute Gasteiger partial charge is 0.378 e. The molecule has 144 valence electrons. The van der Waals surface area contributed by atoms with Crippen LogP contribution in [0.3, 0.4) is 0 Å². The summed E-state index contributed by atoms with van der Waals surface area (Å²) >= 11 is 0. The molecular weight excluding hydrogens is 390 g/mol. The predicted octanol–water partition coefficient (Wildman–Crippen LogP) is 3.26. The lowest BCUT2D eigenvalue weighted by Crippen LogP contribution is -2.15. The first-order valence-corrected chi connectivity index (χ1v) is 10.3. The topological polar surface area (TPSA) is 91.2 Å². The summed E-state index contributed by atoms with van der Waals surface area (Å²) in [6, 6.07) is 11.1. The number of aromatic nitrogens is 3. The van der Waals surface area contributed by atoms with Crippen LogP contribution in [0.2, 0.25) is 0 Å². The van der Waals surface area contributed by atoms with Crippen LogP contribution >= 0.6 is 0 Å². The quantitative estimate of drug-likeness (QED) is 0.428. The molecule has 0 radical (unpaired) electrons. The molecule has 0 N–H and O–H groups in total. The molecule has 2 aromatic carbocycles.